The Kier molecular flexibility index (Phi) is 7.00. The summed E-state index contributed by atoms with van der Waals surface area (Å²) in [4.78, 5) is 15.2. The van der Waals surface area contributed by atoms with Crippen LogP contribution in [0.1, 0.15) is 48.2 Å². The van der Waals surface area contributed by atoms with E-state index in [1.807, 2.05) is 30.5 Å². The molecule has 0 spiro atoms. The van der Waals surface area contributed by atoms with Gasteiger partial charge in [0, 0.05) is 23.6 Å². The van der Waals surface area contributed by atoms with Crippen molar-refractivity contribution in [2.45, 2.75) is 52.9 Å². The van der Waals surface area contributed by atoms with E-state index in [0.29, 0.717) is 6.41 Å². The van der Waals surface area contributed by atoms with Gasteiger partial charge in [-0.3, -0.25) is 9.89 Å². The molecule has 6 nitrogen and oxygen atoms in total. The molecule has 0 atom stereocenters. The molecule has 0 aliphatic rings. The summed E-state index contributed by atoms with van der Waals surface area (Å²) in [6.45, 7) is 6.44. The zero-order valence-electron chi connectivity index (χ0n) is 17.4. The van der Waals surface area contributed by atoms with Crippen LogP contribution in [0.15, 0.2) is 36.5 Å². The fourth-order valence-electron chi connectivity index (χ4n) is 3.47. The molecule has 2 heterocycles. The molecule has 6 heteroatoms. The Labute approximate surface area is 172 Å². The predicted octanol–water partition coefficient (Wildman–Crippen LogP) is 4.73. The quantitative estimate of drug-likeness (QED) is 0.437. The Morgan fingerprint density at radius 2 is 1.86 bits per heavy atom. The second-order valence-electron chi connectivity index (χ2n) is 7.25. The lowest BCUT2D eigenvalue weighted by molar-refractivity contribution is -0.105. The molecule has 0 fully saturated rings. The Bertz CT molecular complexity index is 964. The van der Waals surface area contributed by atoms with E-state index in [4.69, 9.17) is 0 Å². The first-order chi connectivity index (χ1) is 14.1. The van der Waals surface area contributed by atoms with Crippen LogP contribution in [0, 0.1) is 6.92 Å². The third-order valence-electron chi connectivity index (χ3n) is 5.11. The SMILES string of the molecule is CCCc1cc(Nc2cc(CCc3cc(NC=O)ccc3C)[nH]n2)ncc1CC. The summed E-state index contributed by atoms with van der Waals surface area (Å²) in [6, 6.07) is 10.1. The first-order valence-electron chi connectivity index (χ1n) is 10.2. The molecule has 0 bridgehead atoms. The monoisotopic (exact) mass is 391 g/mol. The minimum Gasteiger partial charge on any atom is -0.329 e. The van der Waals surface area contributed by atoms with Crippen molar-refractivity contribution < 1.29 is 4.79 Å². The zero-order valence-corrected chi connectivity index (χ0v) is 17.4. The van der Waals surface area contributed by atoms with Gasteiger partial charge >= 0.3 is 0 Å². The van der Waals surface area contributed by atoms with Gasteiger partial charge in [-0.2, -0.15) is 5.10 Å². The van der Waals surface area contributed by atoms with Gasteiger partial charge < -0.3 is 10.6 Å². The number of carbonyl (C=O) groups excluding carboxylic acids is 1. The van der Waals surface area contributed by atoms with Crippen LogP contribution in [0.3, 0.4) is 0 Å². The Morgan fingerprint density at radius 1 is 1.00 bits per heavy atom. The van der Waals surface area contributed by atoms with E-state index < -0.39 is 0 Å². The van der Waals surface area contributed by atoms with Crippen LogP contribution in [-0.2, 0) is 30.5 Å². The summed E-state index contributed by atoms with van der Waals surface area (Å²) in [7, 11) is 0. The molecule has 0 unspecified atom stereocenters. The van der Waals surface area contributed by atoms with Gasteiger partial charge in [0.05, 0.1) is 0 Å². The van der Waals surface area contributed by atoms with Crippen molar-refractivity contribution in [3.8, 4) is 0 Å². The van der Waals surface area contributed by atoms with Gasteiger partial charge in [-0.15, -0.1) is 0 Å². The highest BCUT2D eigenvalue weighted by atomic mass is 16.1. The molecule has 0 saturated heterocycles. The average molecular weight is 392 g/mol. The van der Waals surface area contributed by atoms with E-state index in [2.05, 4.69) is 52.7 Å². The highest BCUT2D eigenvalue weighted by Gasteiger charge is 2.07. The van der Waals surface area contributed by atoms with E-state index >= 15 is 0 Å². The maximum absolute atomic E-state index is 10.7. The molecule has 3 aromatic rings. The van der Waals surface area contributed by atoms with Gasteiger partial charge in [-0.25, -0.2) is 4.98 Å². The molecule has 1 aromatic carbocycles. The number of amides is 1. The van der Waals surface area contributed by atoms with E-state index in [0.717, 1.165) is 55.1 Å². The number of nitrogens with zero attached hydrogens (tertiary/aromatic N) is 2. The Morgan fingerprint density at radius 3 is 2.62 bits per heavy atom. The second-order valence-corrected chi connectivity index (χ2v) is 7.25. The summed E-state index contributed by atoms with van der Waals surface area (Å²) < 4.78 is 0. The number of carbonyl (C=O) groups is 1. The standard InChI is InChI=1S/C23H29N5O/c1-4-6-19-12-22(24-14-17(19)5-2)26-23-13-21(27-28-23)10-8-18-11-20(25-15-29)9-7-16(18)3/h7,9,11-15H,4-6,8,10H2,1-3H3,(H,25,29)(H2,24,26,27,28). The summed E-state index contributed by atoms with van der Waals surface area (Å²) in [5.41, 5.74) is 6.95. The maximum Gasteiger partial charge on any atom is 0.211 e. The van der Waals surface area contributed by atoms with Gasteiger partial charge in [-0.05, 0) is 73.1 Å². The second kappa shape index (κ2) is 9.87. The average Bonchev–Trinajstić information content (AvgIpc) is 3.16. The number of rotatable bonds is 10. The number of hydrogen-bond acceptors (Lipinski definition) is 4. The van der Waals surface area contributed by atoms with Crippen LogP contribution in [0.5, 0.6) is 0 Å². The molecule has 0 aliphatic carbocycles. The van der Waals surface area contributed by atoms with Crippen molar-refractivity contribution in [1.82, 2.24) is 15.2 Å². The van der Waals surface area contributed by atoms with Crippen molar-refractivity contribution in [1.29, 1.82) is 0 Å². The Hall–Kier alpha value is -3.15. The lowest BCUT2D eigenvalue weighted by atomic mass is 10.0. The fraction of sp³-hybridized carbons (Fsp3) is 0.348. The number of benzene rings is 1. The third kappa shape index (κ3) is 5.44. The minimum absolute atomic E-state index is 0.703. The predicted molar refractivity (Wildman–Crippen MR) is 118 cm³/mol. The molecule has 3 N–H and O–H groups in total. The van der Waals surface area contributed by atoms with Crippen molar-refractivity contribution >= 4 is 23.7 Å². The number of aryl methyl sites for hydroxylation is 5. The van der Waals surface area contributed by atoms with Gasteiger partial charge in [0.15, 0.2) is 5.82 Å². The minimum atomic E-state index is 0.703. The molecular weight excluding hydrogens is 362 g/mol. The molecule has 152 valence electrons. The molecule has 0 radical (unpaired) electrons. The van der Waals surface area contributed by atoms with E-state index in [-0.39, 0.29) is 0 Å². The number of hydrogen-bond donors (Lipinski definition) is 3. The number of nitrogens with one attached hydrogen (secondary N) is 3. The molecule has 2 aromatic heterocycles. The summed E-state index contributed by atoms with van der Waals surface area (Å²) in [5, 5.41) is 13.5. The summed E-state index contributed by atoms with van der Waals surface area (Å²) in [6.07, 6.45) is 7.54. The van der Waals surface area contributed by atoms with Gasteiger partial charge in [0.1, 0.15) is 5.82 Å². The number of aromatic amines is 1. The largest absolute Gasteiger partial charge is 0.329 e. The highest BCUT2D eigenvalue weighted by Crippen LogP contribution is 2.20. The van der Waals surface area contributed by atoms with Crippen LogP contribution in [0.4, 0.5) is 17.3 Å². The molecule has 0 saturated carbocycles. The number of aromatic nitrogens is 3. The Balaban J connectivity index is 1.65. The third-order valence-corrected chi connectivity index (χ3v) is 5.11. The highest BCUT2D eigenvalue weighted by molar-refractivity contribution is 5.71. The fourth-order valence-corrected chi connectivity index (χ4v) is 3.47. The van der Waals surface area contributed by atoms with E-state index in [1.54, 1.807) is 0 Å². The van der Waals surface area contributed by atoms with Crippen LogP contribution in [0.25, 0.3) is 0 Å². The van der Waals surface area contributed by atoms with E-state index in [9.17, 15) is 4.79 Å². The topological polar surface area (TPSA) is 82.7 Å². The summed E-state index contributed by atoms with van der Waals surface area (Å²) in [5.74, 6) is 1.60. The van der Waals surface area contributed by atoms with Gasteiger partial charge in [-0.1, -0.05) is 26.3 Å². The van der Waals surface area contributed by atoms with Crippen LogP contribution < -0.4 is 10.6 Å². The number of pyridine rings is 1. The first-order valence-corrected chi connectivity index (χ1v) is 10.2. The lowest BCUT2D eigenvalue weighted by Gasteiger charge is -2.09. The molecule has 3 rings (SSSR count). The molecule has 0 aliphatic heterocycles. The number of anilines is 3. The van der Waals surface area contributed by atoms with Crippen LogP contribution in [0.2, 0.25) is 0 Å². The molecule has 29 heavy (non-hydrogen) atoms. The van der Waals surface area contributed by atoms with Crippen molar-refractivity contribution in [2.75, 3.05) is 10.6 Å². The smallest absolute Gasteiger partial charge is 0.211 e. The van der Waals surface area contributed by atoms with Crippen molar-refractivity contribution in [2.24, 2.45) is 0 Å². The number of H-pyrrole nitrogens is 1. The van der Waals surface area contributed by atoms with Crippen LogP contribution in [-0.4, -0.2) is 21.6 Å². The van der Waals surface area contributed by atoms with Crippen molar-refractivity contribution in [3.63, 3.8) is 0 Å². The summed E-state index contributed by atoms with van der Waals surface area (Å²) >= 11 is 0. The molecule has 1 amide bonds. The zero-order chi connectivity index (χ0) is 20.6. The van der Waals surface area contributed by atoms with Gasteiger partial charge in [0.25, 0.3) is 0 Å². The first kappa shape index (κ1) is 20.6. The maximum atomic E-state index is 10.7. The van der Waals surface area contributed by atoms with Gasteiger partial charge in [0.2, 0.25) is 6.41 Å². The van der Waals surface area contributed by atoms with Crippen LogP contribution >= 0.6 is 0 Å². The molecular formula is C23H29N5O. The lowest BCUT2D eigenvalue weighted by Crippen LogP contribution is -1.99. The van der Waals surface area contributed by atoms with Crippen molar-refractivity contribution in [3.05, 3.63) is 64.5 Å². The van der Waals surface area contributed by atoms with E-state index in [1.165, 1.54) is 22.3 Å². The normalized spacial score (nSPS) is 10.7.